The van der Waals surface area contributed by atoms with Gasteiger partial charge in [-0.05, 0) is 43.2 Å². The van der Waals surface area contributed by atoms with Gasteiger partial charge in [-0.2, -0.15) is 0 Å². The number of nitrogens with zero attached hydrogens (tertiary/aromatic N) is 2. The fourth-order valence-corrected chi connectivity index (χ4v) is 3.30. The van der Waals surface area contributed by atoms with E-state index in [4.69, 9.17) is 10.3 Å². The summed E-state index contributed by atoms with van der Waals surface area (Å²) in [5.41, 5.74) is 11.9. The van der Waals surface area contributed by atoms with E-state index in [0.717, 1.165) is 42.8 Å². The Kier molecular flexibility index (Phi) is 5.18. The van der Waals surface area contributed by atoms with Crippen molar-refractivity contribution in [1.82, 2.24) is 5.16 Å². The summed E-state index contributed by atoms with van der Waals surface area (Å²) in [5.74, 6) is 1.46. The first-order valence-corrected chi connectivity index (χ1v) is 8.86. The number of nitrogens with two attached hydrogens (primary N) is 1. The standard InChI is InChI=1S/C19H26N4O/c1-3-13-8-7-9-14(4-2)18(13)22-19(20)21-12-16-15-10-5-6-11-17(15)24-23-16/h7-9H,3-6,10-12H2,1-2H3,(H3,20,21,22). The van der Waals surface area contributed by atoms with Gasteiger partial charge >= 0.3 is 0 Å². The predicted molar refractivity (Wildman–Crippen MR) is 97.3 cm³/mol. The number of aliphatic imine (C=N–C) groups is 1. The number of hydrogen-bond donors (Lipinski definition) is 2. The molecule has 1 aromatic carbocycles. The van der Waals surface area contributed by atoms with Crippen molar-refractivity contribution < 1.29 is 4.52 Å². The van der Waals surface area contributed by atoms with Crippen LogP contribution in [0.4, 0.5) is 5.69 Å². The van der Waals surface area contributed by atoms with Crippen LogP contribution in [0.15, 0.2) is 27.7 Å². The van der Waals surface area contributed by atoms with Crippen LogP contribution in [0.1, 0.15) is 54.8 Å². The van der Waals surface area contributed by atoms with Crippen LogP contribution in [0.3, 0.4) is 0 Å². The van der Waals surface area contributed by atoms with Crippen LogP contribution in [0.25, 0.3) is 0 Å². The van der Waals surface area contributed by atoms with Gasteiger partial charge in [-0.15, -0.1) is 0 Å². The lowest BCUT2D eigenvalue weighted by atomic mass is 9.96. The number of anilines is 1. The van der Waals surface area contributed by atoms with Crippen molar-refractivity contribution in [3.8, 4) is 0 Å². The molecule has 0 saturated carbocycles. The van der Waals surface area contributed by atoms with E-state index in [9.17, 15) is 0 Å². The molecule has 0 aliphatic heterocycles. The molecule has 1 aromatic heterocycles. The third kappa shape index (κ3) is 3.45. The third-order valence-corrected chi connectivity index (χ3v) is 4.68. The largest absolute Gasteiger partial charge is 0.370 e. The summed E-state index contributed by atoms with van der Waals surface area (Å²) < 4.78 is 5.43. The molecular formula is C19H26N4O. The van der Waals surface area contributed by atoms with Crippen molar-refractivity contribution in [1.29, 1.82) is 0 Å². The molecule has 0 saturated heterocycles. The molecule has 128 valence electrons. The van der Waals surface area contributed by atoms with Crippen molar-refractivity contribution in [2.45, 2.75) is 58.9 Å². The summed E-state index contributed by atoms with van der Waals surface area (Å²) in [6.07, 6.45) is 6.32. The van der Waals surface area contributed by atoms with Gasteiger partial charge in [0.2, 0.25) is 0 Å². The molecule has 0 fully saturated rings. The summed E-state index contributed by atoms with van der Waals surface area (Å²) in [5, 5.41) is 7.47. The Labute approximate surface area is 143 Å². The Morgan fingerprint density at radius 1 is 1.21 bits per heavy atom. The molecule has 0 atom stereocenters. The molecular weight excluding hydrogens is 300 g/mol. The number of guanidine groups is 1. The van der Waals surface area contributed by atoms with Crippen LogP contribution < -0.4 is 11.1 Å². The number of fused-ring (bicyclic) bond motifs is 1. The fraction of sp³-hybridized carbons (Fsp3) is 0.474. The Morgan fingerprint density at radius 2 is 1.92 bits per heavy atom. The van der Waals surface area contributed by atoms with Crippen molar-refractivity contribution in [3.05, 3.63) is 46.3 Å². The highest BCUT2D eigenvalue weighted by atomic mass is 16.5. The van der Waals surface area contributed by atoms with E-state index in [1.165, 1.54) is 29.5 Å². The number of para-hydroxylation sites is 1. The summed E-state index contributed by atoms with van der Waals surface area (Å²) in [7, 11) is 0. The Morgan fingerprint density at radius 3 is 2.62 bits per heavy atom. The van der Waals surface area contributed by atoms with Gasteiger partial charge in [0.25, 0.3) is 0 Å². The smallest absolute Gasteiger partial charge is 0.193 e. The second-order valence-corrected chi connectivity index (χ2v) is 6.22. The highest BCUT2D eigenvalue weighted by Crippen LogP contribution is 2.25. The fourth-order valence-electron chi connectivity index (χ4n) is 3.30. The summed E-state index contributed by atoms with van der Waals surface area (Å²) in [6.45, 7) is 4.76. The zero-order valence-corrected chi connectivity index (χ0v) is 14.6. The van der Waals surface area contributed by atoms with E-state index in [2.05, 4.69) is 47.5 Å². The quantitative estimate of drug-likeness (QED) is 0.650. The second kappa shape index (κ2) is 7.51. The molecule has 1 aliphatic rings. The average molecular weight is 326 g/mol. The maximum atomic E-state index is 6.13. The molecule has 5 heteroatoms. The van der Waals surface area contributed by atoms with Crippen LogP contribution >= 0.6 is 0 Å². The number of benzene rings is 1. The molecule has 0 radical (unpaired) electrons. The molecule has 24 heavy (non-hydrogen) atoms. The van der Waals surface area contributed by atoms with Gasteiger partial charge in [-0.25, -0.2) is 4.99 Å². The molecule has 3 rings (SSSR count). The first-order chi connectivity index (χ1) is 11.7. The third-order valence-electron chi connectivity index (χ3n) is 4.68. The molecule has 1 heterocycles. The molecule has 0 unspecified atom stereocenters. The number of rotatable bonds is 5. The van der Waals surface area contributed by atoms with E-state index in [1.807, 2.05) is 0 Å². The first-order valence-electron chi connectivity index (χ1n) is 8.86. The minimum absolute atomic E-state index is 0.429. The Balaban J connectivity index is 1.74. The Bertz CT molecular complexity index is 711. The molecule has 1 aliphatic carbocycles. The minimum atomic E-state index is 0.429. The molecule has 0 amide bonds. The van der Waals surface area contributed by atoms with Gasteiger partial charge in [0.15, 0.2) is 5.96 Å². The van der Waals surface area contributed by atoms with Crippen LogP contribution in [0, 0.1) is 0 Å². The van der Waals surface area contributed by atoms with Gasteiger partial charge in [-0.3, -0.25) is 0 Å². The normalized spacial score (nSPS) is 14.5. The van der Waals surface area contributed by atoms with E-state index < -0.39 is 0 Å². The number of hydrogen-bond acceptors (Lipinski definition) is 3. The van der Waals surface area contributed by atoms with Crippen molar-refractivity contribution in [2.24, 2.45) is 10.7 Å². The van der Waals surface area contributed by atoms with Crippen molar-refractivity contribution in [3.63, 3.8) is 0 Å². The summed E-state index contributed by atoms with van der Waals surface area (Å²) >= 11 is 0. The lowest BCUT2D eigenvalue weighted by molar-refractivity contribution is 0.368. The lowest BCUT2D eigenvalue weighted by Gasteiger charge is -2.14. The zero-order valence-electron chi connectivity index (χ0n) is 14.6. The maximum absolute atomic E-state index is 6.13. The summed E-state index contributed by atoms with van der Waals surface area (Å²) in [4.78, 5) is 4.48. The van der Waals surface area contributed by atoms with E-state index >= 15 is 0 Å². The van der Waals surface area contributed by atoms with Crippen molar-refractivity contribution in [2.75, 3.05) is 5.32 Å². The molecule has 5 nitrogen and oxygen atoms in total. The van der Waals surface area contributed by atoms with Gasteiger partial charge in [0.1, 0.15) is 11.5 Å². The first kappa shape index (κ1) is 16.6. The van der Waals surface area contributed by atoms with E-state index in [0.29, 0.717) is 12.5 Å². The predicted octanol–water partition coefficient (Wildman–Crippen LogP) is 3.61. The van der Waals surface area contributed by atoms with Gasteiger partial charge in [0, 0.05) is 17.7 Å². The van der Waals surface area contributed by atoms with Crippen molar-refractivity contribution >= 4 is 11.6 Å². The number of nitrogens with one attached hydrogen (secondary N) is 1. The van der Waals surface area contributed by atoms with Crippen LogP contribution in [0.5, 0.6) is 0 Å². The molecule has 2 aromatic rings. The number of aryl methyl sites for hydroxylation is 3. The second-order valence-electron chi connectivity index (χ2n) is 6.22. The molecule has 0 spiro atoms. The monoisotopic (exact) mass is 326 g/mol. The highest BCUT2D eigenvalue weighted by Gasteiger charge is 2.18. The van der Waals surface area contributed by atoms with E-state index in [-0.39, 0.29) is 0 Å². The zero-order chi connectivity index (χ0) is 16.9. The molecule has 0 bridgehead atoms. The van der Waals surface area contributed by atoms with E-state index in [1.54, 1.807) is 0 Å². The Hall–Kier alpha value is -2.30. The van der Waals surface area contributed by atoms with Crippen LogP contribution in [-0.4, -0.2) is 11.1 Å². The van der Waals surface area contributed by atoms with Crippen LogP contribution in [-0.2, 0) is 32.2 Å². The topological polar surface area (TPSA) is 76.4 Å². The highest BCUT2D eigenvalue weighted by molar-refractivity contribution is 5.93. The molecule has 3 N–H and O–H groups in total. The lowest BCUT2D eigenvalue weighted by Crippen LogP contribution is -2.24. The van der Waals surface area contributed by atoms with Crippen LogP contribution in [0.2, 0.25) is 0 Å². The SMILES string of the molecule is CCc1cccc(CC)c1NC(N)=NCc1noc2c1CCCC2. The maximum Gasteiger partial charge on any atom is 0.193 e. The average Bonchev–Trinajstić information content (AvgIpc) is 3.03. The van der Waals surface area contributed by atoms with Gasteiger partial charge in [0.05, 0.1) is 6.54 Å². The van der Waals surface area contributed by atoms with Gasteiger partial charge < -0.3 is 15.6 Å². The summed E-state index contributed by atoms with van der Waals surface area (Å²) in [6, 6.07) is 6.35. The minimum Gasteiger partial charge on any atom is -0.370 e. The number of aromatic nitrogens is 1. The van der Waals surface area contributed by atoms with Gasteiger partial charge in [-0.1, -0.05) is 37.2 Å².